The first-order valence-corrected chi connectivity index (χ1v) is 13.9. The van der Waals surface area contributed by atoms with Gasteiger partial charge in [0.15, 0.2) is 0 Å². The Bertz CT molecular complexity index is 645. The van der Waals surface area contributed by atoms with Crippen molar-refractivity contribution >= 4 is 5.69 Å². The number of rotatable bonds is 12. The van der Waals surface area contributed by atoms with Crippen molar-refractivity contribution in [2.45, 2.75) is 97.6 Å². The zero-order valence-corrected chi connectivity index (χ0v) is 22.0. The third-order valence-corrected chi connectivity index (χ3v) is 7.59. The molecule has 188 valence electrons. The lowest BCUT2D eigenvalue weighted by Gasteiger charge is -2.41. The summed E-state index contributed by atoms with van der Waals surface area (Å²) >= 11 is 0. The second-order valence-electron chi connectivity index (χ2n) is 11.6. The molecule has 4 heteroatoms. The Labute approximate surface area is 204 Å². The summed E-state index contributed by atoms with van der Waals surface area (Å²) in [5.41, 5.74) is 7.75. The highest BCUT2D eigenvalue weighted by Gasteiger charge is 2.26. The number of hydrogen-bond donors (Lipinski definition) is 1. The molecule has 0 bridgehead atoms. The van der Waals surface area contributed by atoms with E-state index in [0.717, 1.165) is 56.8 Å². The van der Waals surface area contributed by atoms with Gasteiger partial charge in [0.1, 0.15) is 5.75 Å². The number of anilines is 1. The smallest absolute Gasteiger partial charge is 0.119 e. The summed E-state index contributed by atoms with van der Waals surface area (Å²) in [7, 11) is 0. The van der Waals surface area contributed by atoms with E-state index in [-0.39, 0.29) is 0 Å². The molecule has 2 N–H and O–H groups in total. The van der Waals surface area contributed by atoms with Crippen LogP contribution < -0.4 is 15.4 Å². The lowest BCUT2D eigenvalue weighted by Crippen LogP contribution is -2.48. The molecule has 1 heterocycles. The molecule has 1 saturated heterocycles. The summed E-state index contributed by atoms with van der Waals surface area (Å²) in [5, 5.41) is 0. The molecule has 1 aliphatic heterocycles. The molecule has 0 amide bonds. The molecule has 1 aromatic rings. The molecule has 1 saturated carbocycles. The highest BCUT2D eigenvalue weighted by molar-refractivity contribution is 5.50. The van der Waals surface area contributed by atoms with Crippen molar-refractivity contribution in [2.24, 2.45) is 23.5 Å². The quantitative estimate of drug-likeness (QED) is 0.398. The molecule has 2 fully saturated rings. The van der Waals surface area contributed by atoms with Crippen LogP contribution in [0.25, 0.3) is 0 Å². The molecule has 3 rings (SSSR count). The maximum atomic E-state index is 6.39. The molecule has 0 radical (unpaired) electrons. The fraction of sp³-hybridized carbons (Fsp3) is 0.793. The number of likely N-dealkylation sites (tertiary alicyclic amines) is 1. The van der Waals surface area contributed by atoms with Crippen LogP contribution in [0.4, 0.5) is 5.69 Å². The summed E-state index contributed by atoms with van der Waals surface area (Å²) in [6.45, 7) is 14.6. The minimum Gasteiger partial charge on any atom is -0.493 e. The minimum atomic E-state index is 0.305. The maximum absolute atomic E-state index is 6.39. The third kappa shape index (κ3) is 9.13. The van der Waals surface area contributed by atoms with Crippen LogP contribution in [-0.4, -0.2) is 49.8 Å². The predicted molar refractivity (Wildman–Crippen MR) is 142 cm³/mol. The number of hydrogen-bond acceptors (Lipinski definition) is 4. The fourth-order valence-electron chi connectivity index (χ4n) is 5.65. The third-order valence-electron chi connectivity index (χ3n) is 7.59. The Morgan fingerprint density at radius 2 is 1.61 bits per heavy atom. The molecule has 0 spiro atoms. The van der Waals surface area contributed by atoms with Gasteiger partial charge >= 0.3 is 0 Å². The van der Waals surface area contributed by atoms with Crippen LogP contribution in [0.3, 0.4) is 0 Å². The SMILES string of the molecule is CC(C)CCN(c1ccc(OCC2CCCCC2)cc1)C1CCN(CC(N)CC(C)C)CC1. The van der Waals surface area contributed by atoms with Gasteiger partial charge in [-0.25, -0.2) is 0 Å². The van der Waals surface area contributed by atoms with E-state index in [1.165, 1.54) is 57.1 Å². The first-order chi connectivity index (χ1) is 15.9. The van der Waals surface area contributed by atoms with E-state index in [9.17, 15) is 0 Å². The lowest BCUT2D eigenvalue weighted by atomic mass is 9.90. The van der Waals surface area contributed by atoms with Crippen molar-refractivity contribution < 1.29 is 4.74 Å². The molecular formula is C29H51N3O. The summed E-state index contributed by atoms with van der Waals surface area (Å²) < 4.78 is 6.17. The van der Waals surface area contributed by atoms with E-state index in [4.69, 9.17) is 10.5 Å². The first kappa shape index (κ1) is 26.3. The Kier molecular flexibility index (Phi) is 10.8. The highest BCUT2D eigenvalue weighted by Crippen LogP contribution is 2.28. The van der Waals surface area contributed by atoms with Crippen LogP contribution in [0.5, 0.6) is 5.75 Å². The molecule has 1 aliphatic carbocycles. The van der Waals surface area contributed by atoms with Crippen molar-refractivity contribution in [3.63, 3.8) is 0 Å². The van der Waals surface area contributed by atoms with Crippen LogP contribution in [0.2, 0.25) is 0 Å². The van der Waals surface area contributed by atoms with Crippen LogP contribution in [0.15, 0.2) is 24.3 Å². The standard InChI is InChI=1S/C29H51N3O/c1-23(2)14-19-32(28-15-17-31(18-16-28)21-26(30)20-24(3)4)27-10-12-29(13-11-27)33-22-25-8-6-5-7-9-25/h10-13,23-26,28H,5-9,14-22,30H2,1-4H3. The van der Waals surface area contributed by atoms with Gasteiger partial charge in [0.2, 0.25) is 0 Å². The molecule has 0 aromatic heterocycles. The molecule has 1 unspecified atom stereocenters. The van der Waals surface area contributed by atoms with Gasteiger partial charge in [0.05, 0.1) is 6.61 Å². The average Bonchev–Trinajstić information content (AvgIpc) is 2.79. The van der Waals surface area contributed by atoms with Gasteiger partial charge in [-0.3, -0.25) is 0 Å². The van der Waals surface area contributed by atoms with Gasteiger partial charge in [-0.05, 0) is 80.5 Å². The summed E-state index contributed by atoms with van der Waals surface area (Å²) in [6.07, 6.45) is 11.6. The van der Waals surface area contributed by atoms with Crippen molar-refractivity contribution in [3.05, 3.63) is 24.3 Å². The van der Waals surface area contributed by atoms with Crippen LogP contribution >= 0.6 is 0 Å². The fourth-order valence-corrected chi connectivity index (χ4v) is 5.65. The van der Waals surface area contributed by atoms with Gasteiger partial charge in [0, 0.05) is 44.0 Å². The molecule has 1 aromatic carbocycles. The van der Waals surface area contributed by atoms with E-state index in [1.54, 1.807) is 0 Å². The van der Waals surface area contributed by atoms with Crippen LogP contribution in [0, 0.1) is 17.8 Å². The van der Waals surface area contributed by atoms with E-state index >= 15 is 0 Å². The van der Waals surface area contributed by atoms with Gasteiger partial charge in [-0.1, -0.05) is 47.0 Å². The van der Waals surface area contributed by atoms with E-state index < -0.39 is 0 Å². The van der Waals surface area contributed by atoms with Gasteiger partial charge in [-0.15, -0.1) is 0 Å². The lowest BCUT2D eigenvalue weighted by molar-refractivity contribution is 0.191. The molecule has 33 heavy (non-hydrogen) atoms. The Morgan fingerprint density at radius 1 is 0.939 bits per heavy atom. The Morgan fingerprint density at radius 3 is 2.21 bits per heavy atom. The summed E-state index contributed by atoms with van der Waals surface area (Å²) in [5.74, 6) is 3.18. The Balaban J connectivity index is 1.54. The molecular weight excluding hydrogens is 406 g/mol. The molecule has 2 aliphatic rings. The van der Waals surface area contributed by atoms with Crippen LogP contribution in [0.1, 0.15) is 85.5 Å². The minimum absolute atomic E-state index is 0.305. The van der Waals surface area contributed by atoms with Gasteiger partial charge in [-0.2, -0.15) is 0 Å². The summed E-state index contributed by atoms with van der Waals surface area (Å²) in [4.78, 5) is 5.27. The van der Waals surface area contributed by atoms with E-state index in [0.29, 0.717) is 18.0 Å². The van der Waals surface area contributed by atoms with Crippen LogP contribution in [-0.2, 0) is 0 Å². The average molecular weight is 458 g/mol. The Hall–Kier alpha value is -1.26. The van der Waals surface area contributed by atoms with E-state index in [1.807, 2.05) is 0 Å². The highest BCUT2D eigenvalue weighted by atomic mass is 16.5. The number of nitrogens with zero attached hydrogens (tertiary/aromatic N) is 2. The van der Waals surface area contributed by atoms with Crippen molar-refractivity contribution in [1.29, 1.82) is 0 Å². The number of ether oxygens (including phenoxy) is 1. The monoisotopic (exact) mass is 457 g/mol. The molecule has 1 atom stereocenters. The van der Waals surface area contributed by atoms with Gasteiger partial charge < -0.3 is 20.3 Å². The predicted octanol–water partition coefficient (Wildman–Crippen LogP) is 6.34. The first-order valence-electron chi connectivity index (χ1n) is 13.9. The zero-order valence-electron chi connectivity index (χ0n) is 22.0. The zero-order chi connectivity index (χ0) is 23.6. The van der Waals surface area contributed by atoms with E-state index in [2.05, 4.69) is 61.8 Å². The van der Waals surface area contributed by atoms with Crippen molar-refractivity contribution in [1.82, 2.24) is 4.90 Å². The summed E-state index contributed by atoms with van der Waals surface area (Å²) in [6, 6.07) is 9.90. The number of piperidine rings is 1. The molecule has 4 nitrogen and oxygen atoms in total. The number of nitrogens with two attached hydrogens (primary N) is 1. The topological polar surface area (TPSA) is 41.7 Å². The van der Waals surface area contributed by atoms with Gasteiger partial charge in [0.25, 0.3) is 0 Å². The number of benzene rings is 1. The second kappa shape index (κ2) is 13.6. The largest absolute Gasteiger partial charge is 0.493 e. The van der Waals surface area contributed by atoms with Crippen molar-refractivity contribution in [3.8, 4) is 5.75 Å². The van der Waals surface area contributed by atoms with Crippen molar-refractivity contribution in [2.75, 3.05) is 37.7 Å². The normalized spacial score (nSPS) is 19.8. The maximum Gasteiger partial charge on any atom is 0.119 e. The second-order valence-corrected chi connectivity index (χ2v) is 11.6.